The van der Waals surface area contributed by atoms with Gasteiger partial charge in [-0.15, -0.1) is 0 Å². The van der Waals surface area contributed by atoms with Gasteiger partial charge in [-0.3, -0.25) is 0 Å². The van der Waals surface area contributed by atoms with Crippen LogP contribution in [0.1, 0.15) is 40.0 Å². The van der Waals surface area contributed by atoms with E-state index < -0.39 is 5.54 Å². The molecule has 0 spiro atoms. The number of esters is 1. The van der Waals surface area contributed by atoms with Crippen molar-refractivity contribution in [3.63, 3.8) is 0 Å². The van der Waals surface area contributed by atoms with Crippen molar-refractivity contribution in [2.75, 3.05) is 33.3 Å². The molecule has 0 bridgehead atoms. The smallest absolute Gasteiger partial charge is 0.327 e. The Labute approximate surface area is 123 Å². The minimum absolute atomic E-state index is 0.0574. The van der Waals surface area contributed by atoms with Gasteiger partial charge in [0.1, 0.15) is 5.54 Å². The molecule has 2 atom stereocenters. The maximum absolute atomic E-state index is 12.5. The van der Waals surface area contributed by atoms with E-state index >= 15 is 0 Å². The number of likely N-dealkylation sites (N-methyl/N-ethyl adjacent to an activating group) is 1. The summed E-state index contributed by atoms with van der Waals surface area (Å²) in [7, 11) is 1.91. The van der Waals surface area contributed by atoms with Gasteiger partial charge in [0.2, 0.25) is 0 Å². The minimum Gasteiger partial charge on any atom is -0.465 e. The monoisotopic (exact) mass is 282 g/mol. The number of nitrogens with zero attached hydrogens (tertiary/aromatic N) is 1. The lowest BCUT2D eigenvalue weighted by Gasteiger charge is -2.35. The van der Waals surface area contributed by atoms with Gasteiger partial charge in [0.05, 0.1) is 6.61 Å². The van der Waals surface area contributed by atoms with Crippen LogP contribution in [0.5, 0.6) is 0 Å². The highest BCUT2D eigenvalue weighted by atomic mass is 16.5. The molecule has 1 saturated carbocycles. The molecular formula is C16H30N2O2. The second-order valence-corrected chi connectivity index (χ2v) is 6.74. The van der Waals surface area contributed by atoms with Crippen molar-refractivity contribution in [1.29, 1.82) is 0 Å². The minimum atomic E-state index is -0.484. The summed E-state index contributed by atoms with van der Waals surface area (Å²) < 4.78 is 5.36. The summed E-state index contributed by atoms with van der Waals surface area (Å²) in [6, 6.07) is 0. The highest BCUT2D eigenvalue weighted by Crippen LogP contribution is 2.41. The van der Waals surface area contributed by atoms with E-state index in [0.29, 0.717) is 12.5 Å². The predicted molar refractivity (Wildman–Crippen MR) is 80.5 cm³/mol. The second kappa shape index (κ2) is 6.44. The third-order valence-electron chi connectivity index (χ3n) is 5.08. The third-order valence-corrected chi connectivity index (χ3v) is 5.08. The molecule has 1 heterocycles. The molecule has 2 rings (SSSR count). The Morgan fingerprint density at radius 3 is 2.55 bits per heavy atom. The Bertz CT molecular complexity index is 341. The van der Waals surface area contributed by atoms with Crippen molar-refractivity contribution >= 4 is 5.97 Å². The number of hydrogen-bond donors (Lipinski definition) is 1. The van der Waals surface area contributed by atoms with Crippen LogP contribution >= 0.6 is 0 Å². The van der Waals surface area contributed by atoms with Gasteiger partial charge >= 0.3 is 5.97 Å². The fraction of sp³-hybridized carbons (Fsp3) is 0.938. The largest absolute Gasteiger partial charge is 0.465 e. The maximum atomic E-state index is 12.5. The Hall–Kier alpha value is -0.610. The maximum Gasteiger partial charge on any atom is 0.327 e. The molecule has 0 aromatic rings. The zero-order chi connectivity index (χ0) is 14.8. The summed E-state index contributed by atoms with van der Waals surface area (Å²) in [6.07, 6.45) is 3.53. The van der Waals surface area contributed by atoms with Crippen LogP contribution in [0, 0.1) is 17.8 Å². The number of carbonyl (C=O) groups is 1. The van der Waals surface area contributed by atoms with Crippen LogP contribution in [0.25, 0.3) is 0 Å². The highest BCUT2D eigenvalue weighted by molar-refractivity contribution is 5.82. The highest BCUT2D eigenvalue weighted by Gasteiger charge is 2.52. The van der Waals surface area contributed by atoms with Gasteiger partial charge in [-0.1, -0.05) is 13.8 Å². The lowest BCUT2D eigenvalue weighted by molar-refractivity contribution is -0.153. The van der Waals surface area contributed by atoms with Crippen LogP contribution in [0.4, 0.5) is 0 Å². The van der Waals surface area contributed by atoms with Gasteiger partial charge < -0.3 is 15.0 Å². The number of ether oxygens (including phenoxy) is 1. The van der Waals surface area contributed by atoms with Crippen molar-refractivity contribution in [1.82, 2.24) is 10.2 Å². The molecule has 0 aromatic heterocycles. The lowest BCUT2D eigenvalue weighted by atomic mass is 9.92. The summed E-state index contributed by atoms with van der Waals surface area (Å²) in [4.78, 5) is 14.9. The molecule has 0 aromatic carbocycles. The van der Waals surface area contributed by atoms with Crippen molar-refractivity contribution in [2.45, 2.75) is 45.6 Å². The molecule has 4 nitrogen and oxygen atoms in total. The zero-order valence-corrected chi connectivity index (χ0v) is 13.4. The molecule has 1 aliphatic carbocycles. The third kappa shape index (κ3) is 3.17. The van der Waals surface area contributed by atoms with E-state index in [0.717, 1.165) is 44.3 Å². The number of carbonyl (C=O) groups excluding carboxylic acids is 1. The van der Waals surface area contributed by atoms with Crippen molar-refractivity contribution < 1.29 is 9.53 Å². The van der Waals surface area contributed by atoms with E-state index in [4.69, 9.17) is 4.74 Å². The van der Waals surface area contributed by atoms with Crippen LogP contribution in [0.15, 0.2) is 0 Å². The first-order chi connectivity index (χ1) is 9.53. The van der Waals surface area contributed by atoms with Gasteiger partial charge in [-0.05, 0) is 57.5 Å². The van der Waals surface area contributed by atoms with Crippen molar-refractivity contribution in [2.24, 2.45) is 17.8 Å². The summed E-state index contributed by atoms with van der Waals surface area (Å²) in [5, 5.41) is 3.32. The van der Waals surface area contributed by atoms with Gasteiger partial charge in [0, 0.05) is 13.1 Å². The zero-order valence-electron chi connectivity index (χ0n) is 13.4. The van der Waals surface area contributed by atoms with Crippen molar-refractivity contribution in [3.8, 4) is 0 Å². The van der Waals surface area contributed by atoms with E-state index in [2.05, 4.69) is 24.1 Å². The van der Waals surface area contributed by atoms with Crippen LogP contribution in [-0.2, 0) is 9.53 Å². The van der Waals surface area contributed by atoms with E-state index in [1.165, 1.54) is 6.42 Å². The Morgan fingerprint density at radius 2 is 2.10 bits per heavy atom. The molecule has 0 radical (unpaired) electrons. The van der Waals surface area contributed by atoms with Crippen LogP contribution in [0.2, 0.25) is 0 Å². The standard InChI is InChI=1S/C16H30N2O2/c1-5-20-15(19)16(17-4,14-6-7-14)11-18-9-8-13(10-18)12(2)3/h12-14,17H,5-11H2,1-4H3. The molecular weight excluding hydrogens is 252 g/mol. The van der Waals surface area contributed by atoms with Crippen LogP contribution < -0.4 is 5.32 Å². The second-order valence-electron chi connectivity index (χ2n) is 6.74. The van der Waals surface area contributed by atoms with Gasteiger partial charge in [0.25, 0.3) is 0 Å². The van der Waals surface area contributed by atoms with E-state index in [1.54, 1.807) is 0 Å². The first kappa shape index (κ1) is 15.8. The molecule has 2 fully saturated rings. The molecule has 2 aliphatic rings. The number of nitrogens with one attached hydrogen (secondary N) is 1. The SMILES string of the molecule is CCOC(=O)C(CN1CCC(C(C)C)C1)(NC)C1CC1. The summed E-state index contributed by atoms with van der Waals surface area (Å²) in [6.45, 7) is 9.97. The lowest BCUT2D eigenvalue weighted by Crippen LogP contribution is -2.60. The Kier molecular flexibility index (Phi) is 5.08. The van der Waals surface area contributed by atoms with Gasteiger partial charge in [0.15, 0.2) is 0 Å². The van der Waals surface area contributed by atoms with Crippen LogP contribution in [-0.4, -0.2) is 49.7 Å². The summed E-state index contributed by atoms with van der Waals surface area (Å²) in [5.41, 5.74) is -0.484. The normalized spacial score (nSPS) is 26.8. The predicted octanol–water partition coefficient (Wildman–Crippen LogP) is 1.90. The molecule has 4 heteroatoms. The van der Waals surface area contributed by atoms with Crippen LogP contribution in [0.3, 0.4) is 0 Å². The molecule has 1 N–H and O–H groups in total. The van der Waals surface area contributed by atoms with Gasteiger partial charge in [-0.25, -0.2) is 4.79 Å². The molecule has 116 valence electrons. The van der Waals surface area contributed by atoms with E-state index in [9.17, 15) is 4.79 Å². The number of hydrogen-bond acceptors (Lipinski definition) is 4. The molecule has 1 saturated heterocycles. The van der Waals surface area contributed by atoms with E-state index in [-0.39, 0.29) is 5.97 Å². The topological polar surface area (TPSA) is 41.6 Å². The summed E-state index contributed by atoms with van der Waals surface area (Å²) >= 11 is 0. The van der Waals surface area contributed by atoms with E-state index in [1.807, 2.05) is 14.0 Å². The first-order valence-electron chi connectivity index (χ1n) is 8.12. The Balaban J connectivity index is 2.03. The number of rotatable bonds is 7. The quantitative estimate of drug-likeness (QED) is 0.724. The van der Waals surface area contributed by atoms with Gasteiger partial charge in [-0.2, -0.15) is 0 Å². The fourth-order valence-electron chi connectivity index (χ4n) is 3.48. The summed E-state index contributed by atoms with van der Waals surface area (Å²) in [5.74, 6) is 1.89. The average Bonchev–Trinajstić information content (AvgIpc) is 3.16. The first-order valence-corrected chi connectivity index (χ1v) is 8.12. The average molecular weight is 282 g/mol. The molecule has 0 amide bonds. The molecule has 2 unspecified atom stereocenters. The van der Waals surface area contributed by atoms with Crippen molar-refractivity contribution in [3.05, 3.63) is 0 Å². The fourth-order valence-corrected chi connectivity index (χ4v) is 3.48. The Morgan fingerprint density at radius 1 is 1.40 bits per heavy atom. The number of likely N-dealkylation sites (tertiary alicyclic amines) is 1. The molecule has 1 aliphatic heterocycles. The molecule has 20 heavy (non-hydrogen) atoms.